The molecule has 6 nitrogen and oxygen atoms in total. The van der Waals surface area contributed by atoms with Crippen molar-refractivity contribution in [1.29, 1.82) is 5.26 Å². The summed E-state index contributed by atoms with van der Waals surface area (Å²) in [6.07, 6.45) is 2.17. The molecule has 0 spiro atoms. The van der Waals surface area contributed by atoms with Gasteiger partial charge in [-0.05, 0) is 12.1 Å². The molecule has 1 aromatic heterocycles. The van der Waals surface area contributed by atoms with Crippen LogP contribution in [0, 0.1) is 11.3 Å². The van der Waals surface area contributed by atoms with Crippen molar-refractivity contribution in [2.45, 2.75) is 6.42 Å². The van der Waals surface area contributed by atoms with Crippen molar-refractivity contribution in [3.63, 3.8) is 0 Å². The average Bonchev–Trinajstić information content (AvgIpc) is 2.42. The minimum atomic E-state index is -0.538. The highest BCUT2D eigenvalue weighted by atomic mass is 16.3. The van der Waals surface area contributed by atoms with Crippen molar-refractivity contribution in [3.05, 3.63) is 46.3 Å². The Morgan fingerprint density at radius 1 is 1.47 bits per heavy atom. The van der Waals surface area contributed by atoms with Crippen LogP contribution in [0.5, 0.6) is 0 Å². The first-order chi connectivity index (χ1) is 9.22. The van der Waals surface area contributed by atoms with Crippen LogP contribution in [0.3, 0.4) is 0 Å². The van der Waals surface area contributed by atoms with Crippen LogP contribution in [0.1, 0.15) is 12.0 Å². The summed E-state index contributed by atoms with van der Waals surface area (Å²) < 4.78 is 5.27. The zero-order valence-corrected chi connectivity index (χ0v) is 9.79. The van der Waals surface area contributed by atoms with Gasteiger partial charge in [-0.25, -0.2) is 5.43 Å². The summed E-state index contributed by atoms with van der Waals surface area (Å²) in [4.78, 5) is 23.0. The van der Waals surface area contributed by atoms with Crippen LogP contribution in [-0.4, -0.2) is 12.1 Å². The minimum absolute atomic E-state index is 0.218. The number of benzene rings is 1. The lowest BCUT2D eigenvalue weighted by Crippen LogP contribution is -2.17. The van der Waals surface area contributed by atoms with Gasteiger partial charge in [0.1, 0.15) is 18.3 Å². The minimum Gasteiger partial charge on any atom is -0.463 e. The van der Waals surface area contributed by atoms with E-state index in [0.717, 1.165) is 0 Å². The molecule has 0 saturated heterocycles. The molecule has 0 aliphatic heterocycles. The first kappa shape index (κ1) is 12.5. The molecular formula is C13H9N3O3. The summed E-state index contributed by atoms with van der Waals surface area (Å²) in [6, 6.07) is 8.51. The number of hydrogen-bond donors (Lipinski definition) is 1. The summed E-state index contributed by atoms with van der Waals surface area (Å²) in [7, 11) is 0. The number of fused-ring (bicyclic) bond motifs is 1. The first-order valence-corrected chi connectivity index (χ1v) is 5.42. The zero-order valence-electron chi connectivity index (χ0n) is 9.79. The second-order valence-electron chi connectivity index (χ2n) is 3.64. The van der Waals surface area contributed by atoms with Crippen molar-refractivity contribution >= 4 is 23.1 Å². The fourth-order valence-electron chi connectivity index (χ4n) is 1.47. The number of carbonyl (C=O) groups is 1. The molecule has 0 aliphatic carbocycles. The molecule has 94 valence electrons. The predicted octanol–water partition coefficient (Wildman–Crippen LogP) is 1.16. The van der Waals surface area contributed by atoms with E-state index in [2.05, 4.69) is 10.5 Å². The van der Waals surface area contributed by atoms with Gasteiger partial charge in [0, 0.05) is 0 Å². The molecule has 19 heavy (non-hydrogen) atoms. The van der Waals surface area contributed by atoms with E-state index < -0.39 is 5.91 Å². The van der Waals surface area contributed by atoms with E-state index in [1.165, 1.54) is 12.5 Å². The molecule has 0 bridgehead atoms. The molecule has 1 amide bonds. The molecule has 6 heteroatoms. The van der Waals surface area contributed by atoms with Crippen molar-refractivity contribution in [2.24, 2.45) is 5.10 Å². The Labute approximate surface area is 108 Å². The Kier molecular flexibility index (Phi) is 3.69. The van der Waals surface area contributed by atoms with E-state index in [-0.39, 0.29) is 17.4 Å². The number of rotatable bonds is 3. The molecule has 2 aromatic rings. The molecule has 1 N–H and O–H groups in total. The second-order valence-corrected chi connectivity index (χ2v) is 3.64. The predicted molar refractivity (Wildman–Crippen MR) is 68.5 cm³/mol. The van der Waals surface area contributed by atoms with Gasteiger partial charge in [0.15, 0.2) is 0 Å². The SMILES string of the molecule is N#CCC(=O)NN=Cc1coc2ccccc2c1=O. The lowest BCUT2D eigenvalue weighted by molar-refractivity contribution is -0.120. The van der Waals surface area contributed by atoms with Gasteiger partial charge >= 0.3 is 0 Å². The fourth-order valence-corrected chi connectivity index (χ4v) is 1.47. The van der Waals surface area contributed by atoms with Crippen LogP contribution < -0.4 is 10.9 Å². The smallest absolute Gasteiger partial charge is 0.254 e. The van der Waals surface area contributed by atoms with E-state index in [9.17, 15) is 9.59 Å². The van der Waals surface area contributed by atoms with Gasteiger partial charge in [0.25, 0.3) is 5.91 Å². The maximum Gasteiger partial charge on any atom is 0.254 e. The molecule has 2 rings (SSSR count). The molecular weight excluding hydrogens is 246 g/mol. The quantitative estimate of drug-likeness (QED) is 0.657. The number of hydrazone groups is 1. The first-order valence-electron chi connectivity index (χ1n) is 5.42. The average molecular weight is 255 g/mol. The fraction of sp³-hybridized carbons (Fsp3) is 0.0769. The molecule has 0 fully saturated rings. The van der Waals surface area contributed by atoms with Crippen molar-refractivity contribution < 1.29 is 9.21 Å². The topological polar surface area (TPSA) is 95.5 Å². The van der Waals surface area contributed by atoms with Gasteiger partial charge in [-0.2, -0.15) is 10.4 Å². The van der Waals surface area contributed by atoms with E-state index in [1.54, 1.807) is 30.3 Å². The number of para-hydroxylation sites is 1. The van der Waals surface area contributed by atoms with Crippen LogP contribution in [0.15, 0.2) is 44.8 Å². The van der Waals surface area contributed by atoms with Crippen LogP contribution in [-0.2, 0) is 4.79 Å². The summed E-state index contributed by atoms with van der Waals surface area (Å²) >= 11 is 0. The number of carbonyl (C=O) groups excluding carboxylic acids is 1. The highest BCUT2D eigenvalue weighted by molar-refractivity contribution is 5.87. The van der Waals surface area contributed by atoms with E-state index in [4.69, 9.17) is 9.68 Å². The lowest BCUT2D eigenvalue weighted by atomic mass is 10.2. The van der Waals surface area contributed by atoms with Crippen LogP contribution in [0.2, 0.25) is 0 Å². The molecule has 1 aromatic carbocycles. The number of amides is 1. The van der Waals surface area contributed by atoms with Crippen LogP contribution in [0.25, 0.3) is 11.0 Å². The molecule has 0 atom stereocenters. The number of nitriles is 1. The van der Waals surface area contributed by atoms with Crippen LogP contribution >= 0.6 is 0 Å². The third-order valence-corrected chi connectivity index (χ3v) is 2.34. The lowest BCUT2D eigenvalue weighted by Gasteiger charge is -1.97. The van der Waals surface area contributed by atoms with Gasteiger partial charge in [-0.1, -0.05) is 12.1 Å². The van der Waals surface area contributed by atoms with E-state index in [0.29, 0.717) is 11.0 Å². The third kappa shape index (κ3) is 2.84. The van der Waals surface area contributed by atoms with Crippen molar-refractivity contribution in [3.8, 4) is 6.07 Å². The largest absolute Gasteiger partial charge is 0.463 e. The van der Waals surface area contributed by atoms with Gasteiger partial charge < -0.3 is 4.42 Å². The van der Waals surface area contributed by atoms with Gasteiger partial charge in [0.05, 0.1) is 23.2 Å². The van der Waals surface area contributed by atoms with Gasteiger partial charge in [-0.3, -0.25) is 9.59 Å². The molecule has 1 heterocycles. The van der Waals surface area contributed by atoms with Crippen LogP contribution in [0.4, 0.5) is 0 Å². The van der Waals surface area contributed by atoms with Crippen molar-refractivity contribution in [1.82, 2.24) is 5.43 Å². The highest BCUT2D eigenvalue weighted by Gasteiger charge is 2.04. The monoisotopic (exact) mass is 255 g/mol. The Bertz CT molecular complexity index is 741. The summed E-state index contributed by atoms with van der Waals surface area (Å²) in [5, 5.41) is 12.3. The highest BCUT2D eigenvalue weighted by Crippen LogP contribution is 2.09. The Balaban J connectivity index is 2.25. The van der Waals surface area contributed by atoms with Crippen molar-refractivity contribution in [2.75, 3.05) is 0 Å². The maximum absolute atomic E-state index is 12.0. The number of hydrogen-bond acceptors (Lipinski definition) is 5. The Morgan fingerprint density at radius 3 is 3.05 bits per heavy atom. The molecule has 0 unspecified atom stereocenters. The molecule has 0 saturated carbocycles. The normalized spacial score (nSPS) is 10.5. The third-order valence-electron chi connectivity index (χ3n) is 2.34. The summed E-state index contributed by atoms with van der Waals surface area (Å²) in [6.45, 7) is 0. The van der Waals surface area contributed by atoms with Gasteiger partial charge in [-0.15, -0.1) is 0 Å². The molecule has 0 radical (unpaired) electrons. The van der Waals surface area contributed by atoms with Gasteiger partial charge in [0.2, 0.25) is 5.43 Å². The van der Waals surface area contributed by atoms with E-state index in [1.807, 2.05) is 0 Å². The van der Waals surface area contributed by atoms with E-state index >= 15 is 0 Å². The molecule has 0 aliphatic rings. The summed E-state index contributed by atoms with van der Waals surface area (Å²) in [5.74, 6) is -0.538. The Hall–Kier alpha value is -2.94. The number of nitrogens with one attached hydrogen (secondary N) is 1. The second kappa shape index (κ2) is 5.60. The summed E-state index contributed by atoms with van der Waals surface area (Å²) in [5.41, 5.74) is 2.60. The Morgan fingerprint density at radius 2 is 2.26 bits per heavy atom. The number of nitrogens with zero attached hydrogens (tertiary/aromatic N) is 2. The zero-order chi connectivity index (χ0) is 13.7. The standard InChI is InChI=1S/C13H9N3O3/c14-6-5-12(17)16-15-7-9-8-19-11-4-2-1-3-10(11)13(9)18/h1-4,7-8H,5H2,(H,16,17). The maximum atomic E-state index is 12.0.